The quantitative estimate of drug-likeness (QED) is 0.781. The first-order valence-electron chi connectivity index (χ1n) is 7.12. The van der Waals surface area contributed by atoms with Gasteiger partial charge in [0.1, 0.15) is 16.4 Å². The number of furan rings is 1. The zero-order valence-electron chi connectivity index (χ0n) is 12.2. The van der Waals surface area contributed by atoms with Crippen LogP contribution in [0.15, 0.2) is 51.1 Å². The molecule has 2 N–H and O–H groups in total. The van der Waals surface area contributed by atoms with Crippen LogP contribution in [0.4, 0.5) is 0 Å². The van der Waals surface area contributed by atoms with Crippen LogP contribution in [0.5, 0.6) is 0 Å². The van der Waals surface area contributed by atoms with E-state index in [1.54, 1.807) is 18.0 Å². The van der Waals surface area contributed by atoms with Crippen LogP contribution in [0.25, 0.3) is 5.65 Å². The van der Waals surface area contributed by atoms with Crippen LogP contribution in [0.2, 0.25) is 0 Å². The van der Waals surface area contributed by atoms with E-state index < -0.39 is 0 Å². The van der Waals surface area contributed by atoms with E-state index >= 15 is 0 Å². The molecular formula is C16H19N3OS. The Bertz CT molecular complexity index is 747. The summed E-state index contributed by atoms with van der Waals surface area (Å²) in [4.78, 5) is 5.85. The SMILES string of the molecule is CCC(N)Cc1c(Sc2ccoc2C)nc2ccccn12. The fraction of sp³-hybridized carbons (Fsp3) is 0.312. The largest absolute Gasteiger partial charge is 0.468 e. The molecule has 0 bridgehead atoms. The van der Waals surface area contributed by atoms with Gasteiger partial charge in [0, 0.05) is 18.7 Å². The highest BCUT2D eigenvalue weighted by Crippen LogP contribution is 2.33. The number of hydrogen-bond donors (Lipinski definition) is 1. The number of nitrogens with zero attached hydrogens (tertiary/aromatic N) is 2. The topological polar surface area (TPSA) is 56.5 Å². The molecule has 0 aromatic carbocycles. The van der Waals surface area contributed by atoms with E-state index in [2.05, 4.69) is 11.3 Å². The van der Waals surface area contributed by atoms with Crippen LogP contribution in [0.1, 0.15) is 24.8 Å². The van der Waals surface area contributed by atoms with E-state index in [9.17, 15) is 0 Å². The van der Waals surface area contributed by atoms with Crippen LogP contribution >= 0.6 is 11.8 Å². The fourth-order valence-corrected chi connectivity index (χ4v) is 3.23. The second-order valence-electron chi connectivity index (χ2n) is 5.11. The van der Waals surface area contributed by atoms with Crippen molar-refractivity contribution in [1.82, 2.24) is 9.38 Å². The Hall–Kier alpha value is -1.72. The van der Waals surface area contributed by atoms with Crippen molar-refractivity contribution in [2.45, 2.75) is 42.7 Å². The van der Waals surface area contributed by atoms with Gasteiger partial charge < -0.3 is 14.6 Å². The average Bonchev–Trinajstić information content (AvgIpc) is 3.04. The molecule has 1 atom stereocenters. The maximum Gasteiger partial charge on any atom is 0.138 e. The summed E-state index contributed by atoms with van der Waals surface area (Å²) in [7, 11) is 0. The first-order chi connectivity index (χ1) is 10.2. The number of nitrogens with two attached hydrogens (primary N) is 1. The van der Waals surface area contributed by atoms with Gasteiger partial charge in [0.25, 0.3) is 0 Å². The molecule has 3 aromatic rings. The van der Waals surface area contributed by atoms with Crippen molar-refractivity contribution >= 4 is 17.4 Å². The van der Waals surface area contributed by atoms with E-state index in [1.165, 1.54) is 5.69 Å². The van der Waals surface area contributed by atoms with Crippen molar-refractivity contribution < 1.29 is 4.42 Å². The minimum Gasteiger partial charge on any atom is -0.468 e. The lowest BCUT2D eigenvalue weighted by Crippen LogP contribution is -2.22. The Balaban J connectivity index is 2.03. The van der Waals surface area contributed by atoms with E-state index in [0.717, 1.165) is 34.2 Å². The molecule has 0 aliphatic heterocycles. The minimum absolute atomic E-state index is 0.148. The number of rotatable bonds is 5. The molecule has 0 aliphatic carbocycles. The number of aryl methyl sites for hydroxylation is 1. The number of imidazole rings is 1. The predicted octanol–water partition coefficient (Wildman–Crippen LogP) is 3.67. The molecule has 3 rings (SSSR count). The van der Waals surface area contributed by atoms with Gasteiger partial charge in [-0.2, -0.15) is 0 Å². The summed E-state index contributed by atoms with van der Waals surface area (Å²) >= 11 is 1.64. The van der Waals surface area contributed by atoms with Crippen LogP contribution < -0.4 is 5.73 Å². The molecule has 3 heterocycles. The van der Waals surface area contributed by atoms with Crippen molar-refractivity contribution in [1.29, 1.82) is 0 Å². The summed E-state index contributed by atoms with van der Waals surface area (Å²) in [5.74, 6) is 0.919. The molecule has 0 saturated carbocycles. The third-order valence-electron chi connectivity index (χ3n) is 3.59. The minimum atomic E-state index is 0.148. The molecule has 0 fully saturated rings. The van der Waals surface area contributed by atoms with E-state index in [1.807, 2.05) is 37.4 Å². The van der Waals surface area contributed by atoms with Gasteiger partial charge in [0.15, 0.2) is 0 Å². The van der Waals surface area contributed by atoms with E-state index in [4.69, 9.17) is 15.1 Å². The fourth-order valence-electron chi connectivity index (χ4n) is 2.27. The van der Waals surface area contributed by atoms with Gasteiger partial charge in [-0.15, -0.1) is 0 Å². The van der Waals surface area contributed by atoms with Gasteiger partial charge in [-0.25, -0.2) is 4.98 Å². The number of fused-ring (bicyclic) bond motifs is 1. The Morgan fingerprint density at radius 1 is 1.38 bits per heavy atom. The first-order valence-corrected chi connectivity index (χ1v) is 7.94. The summed E-state index contributed by atoms with van der Waals surface area (Å²) in [5, 5.41) is 1.01. The molecule has 0 aliphatic rings. The van der Waals surface area contributed by atoms with Gasteiger partial charge in [0.2, 0.25) is 0 Å². The predicted molar refractivity (Wildman–Crippen MR) is 84.7 cm³/mol. The summed E-state index contributed by atoms with van der Waals surface area (Å²) in [6.07, 6.45) is 5.53. The Kier molecular flexibility index (Phi) is 4.03. The lowest BCUT2D eigenvalue weighted by Gasteiger charge is -2.10. The monoisotopic (exact) mass is 301 g/mol. The highest BCUT2D eigenvalue weighted by molar-refractivity contribution is 7.99. The molecule has 21 heavy (non-hydrogen) atoms. The lowest BCUT2D eigenvalue weighted by atomic mass is 10.1. The summed E-state index contributed by atoms with van der Waals surface area (Å²) in [5.41, 5.74) is 8.29. The molecule has 3 aromatic heterocycles. The lowest BCUT2D eigenvalue weighted by molar-refractivity contribution is 0.527. The van der Waals surface area contributed by atoms with Gasteiger partial charge in [-0.05, 0) is 31.5 Å². The van der Waals surface area contributed by atoms with Gasteiger partial charge in [0.05, 0.1) is 16.9 Å². The maximum atomic E-state index is 6.16. The summed E-state index contributed by atoms with van der Waals surface area (Å²) in [6, 6.07) is 8.17. The highest BCUT2D eigenvalue weighted by atomic mass is 32.2. The number of hydrogen-bond acceptors (Lipinski definition) is 4. The molecule has 4 nitrogen and oxygen atoms in total. The van der Waals surface area contributed by atoms with Crippen molar-refractivity contribution in [3.8, 4) is 0 Å². The van der Waals surface area contributed by atoms with Crippen LogP contribution in [-0.2, 0) is 6.42 Å². The van der Waals surface area contributed by atoms with Crippen LogP contribution in [0.3, 0.4) is 0 Å². The second kappa shape index (κ2) is 5.95. The average molecular weight is 301 g/mol. The third kappa shape index (κ3) is 2.84. The van der Waals surface area contributed by atoms with Gasteiger partial charge >= 0.3 is 0 Å². The molecule has 0 radical (unpaired) electrons. The molecule has 110 valence electrons. The Morgan fingerprint density at radius 2 is 2.24 bits per heavy atom. The standard InChI is InChI=1S/C16H19N3OS/c1-3-12(17)10-13-16(21-14-7-9-20-11(14)2)18-15-6-4-5-8-19(13)15/h4-9,12H,3,10,17H2,1-2H3. The van der Waals surface area contributed by atoms with E-state index in [-0.39, 0.29) is 6.04 Å². The first kappa shape index (κ1) is 14.2. The molecule has 1 unspecified atom stereocenters. The molecule has 0 amide bonds. The molecule has 0 saturated heterocycles. The Labute approximate surface area is 128 Å². The zero-order valence-corrected chi connectivity index (χ0v) is 13.1. The summed E-state index contributed by atoms with van der Waals surface area (Å²) in [6.45, 7) is 4.08. The van der Waals surface area contributed by atoms with Crippen molar-refractivity contribution in [3.05, 3.63) is 48.2 Å². The number of aromatic nitrogens is 2. The maximum absolute atomic E-state index is 6.16. The molecular weight excluding hydrogens is 282 g/mol. The van der Waals surface area contributed by atoms with Gasteiger partial charge in [-0.3, -0.25) is 0 Å². The second-order valence-corrected chi connectivity index (χ2v) is 6.14. The smallest absolute Gasteiger partial charge is 0.138 e. The molecule has 5 heteroatoms. The third-order valence-corrected chi connectivity index (χ3v) is 4.75. The highest BCUT2D eigenvalue weighted by Gasteiger charge is 2.17. The van der Waals surface area contributed by atoms with Crippen molar-refractivity contribution in [2.75, 3.05) is 0 Å². The van der Waals surface area contributed by atoms with Crippen LogP contribution in [0, 0.1) is 6.92 Å². The number of pyridine rings is 1. The van der Waals surface area contributed by atoms with Crippen molar-refractivity contribution in [2.24, 2.45) is 5.73 Å². The summed E-state index contributed by atoms with van der Waals surface area (Å²) < 4.78 is 7.51. The van der Waals surface area contributed by atoms with E-state index in [0.29, 0.717) is 0 Å². The zero-order chi connectivity index (χ0) is 14.8. The Morgan fingerprint density at radius 3 is 2.95 bits per heavy atom. The van der Waals surface area contributed by atoms with Crippen molar-refractivity contribution in [3.63, 3.8) is 0 Å². The molecule has 0 spiro atoms. The van der Waals surface area contributed by atoms with Crippen LogP contribution in [-0.4, -0.2) is 15.4 Å². The van der Waals surface area contributed by atoms with Gasteiger partial charge in [-0.1, -0.05) is 24.8 Å². The normalized spacial score (nSPS) is 12.9.